The lowest BCUT2D eigenvalue weighted by Crippen LogP contribution is -2.29. The second-order valence-electron chi connectivity index (χ2n) is 3.10. The highest BCUT2D eigenvalue weighted by molar-refractivity contribution is 5.01. The first-order valence-electron chi connectivity index (χ1n) is 4.82. The van der Waals surface area contributed by atoms with Crippen molar-refractivity contribution in [1.29, 1.82) is 0 Å². The van der Waals surface area contributed by atoms with E-state index >= 15 is 0 Å². The standard InChI is InChI=1S/C9H14F2N4O/c10-9(11)6-16-4-1-7(15-12)8-5-13-2-3-14-8/h2-3,5,7,9,15H,1,4,6,12H2. The quantitative estimate of drug-likeness (QED) is 0.410. The van der Waals surface area contributed by atoms with Crippen LogP contribution in [-0.2, 0) is 4.74 Å². The van der Waals surface area contributed by atoms with Crippen molar-refractivity contribution in [3.8, 4) is 0 Å². The SMILES string of the molecule is NNC(CCOCC(F)F)c1cnccn1. The Morgan fingerprint density at radius 1 is 1.44 bits per heavy atom. The molecule has 0 aromatic carbocycles. The van der Waals surface area contributed by atoms with Crippen LogP contribution in [0.15, 0.2) is 18.6 Å². The summed E-state index contributed by atoms with van der Waals surface area (Å²) in [6.45, 7) is -0.368. The number of ether oxygens (including phenoxy) is 1. The van der Waals surface area contributed by atoms with E-state index in [0.29, 0.717) is 12.1 Å². The van der Waals surface area contributed by atoms with Crippen molar-refractivity contribution in [2.24, 2.45) is 5.84 Å². The first kappa shape index (κ1) is 12.9. The molecule has 1 aromatic rings. The van der Waals surface area contributed by atoms with Crippen LogP contribution in [0.1, 0.15) is 18.2 Å². The van der Waals surface area contributed by atoms with Gasteiger partial charge in [0.25, 0.3) is 6.43 Å². The van der Waals surface area contributed by atoms with Crippen LogP contribution >= 0.6 is 0 Å². The van der Waals surface area contributed by atoms with Gasteiger partial charge in [0.1, 0.15) is 6.61 Å². The minimum atomic E-state index is -2.44. The Bertz CT molecular complexity index is 286. The number of aromatic nitrogens is 2. The number of alkyl halides is 2. The molecule has 0 radical (unpaired) electrons. The Labute approximate surface area is 92.0 Å². The summed E-state index contributed by atoms with van der Waals surface area (Å²) in [4.78, 5) is 7.95. The molecule has 0 saturated carbocycles. The van der Waals surface area contributed by atoms with E-state index in [9.17, 15) is 8.78 Å². The van der Waals surface area contributed by atoms with Crippen molar-refractivity contribution in [2.45, 2.75) is 18.9 Å². The van der Waals surface area contributed by atoms with Crippen LogP contribution in [0.5, 0.6) is 0 Å². The molecular weight excluding hydrogens is 218 g/mol. The summed E-state index contributed by atoms with van der Waals surface area (Å²) in [6, 6.07) is -0.244. The Balaban J connectivity index is 2.33. The lowest BCUT2D eigenvalue weighted by molar-refractivity contribution is 0.0142. The van der Waals surface area contributed by atoms with Crippen LogP contribution in [0.4, 0.5) is 8.78 Å². The zero-order valence-electron chi connectivity index (χ0n) is 8.64. The van der Waals surface area contributed by atoms with Crippen molar-refractivity contribution in [1.82, 2.24) is 15.4 Å². The molecule has 16 heavy (non-hydrogen) atoms. The van der Waals surface area contributed by atoms with Crippen LogP contribution in [-0.4, -0.2) is 29.6 Å². The van der Waals surface area contributed by atoms with E-state index in [1.165, 1.54) is 0 Å². The van der Waals surface area contributed by atoms with E-state index in [4.69, 9.17) is 10.6 Å². The van der Waals surface area contributed by atoms with E-state index in [1.54, 1.807) is 18.6 Å². The fourth-order valence-corrected chi connectivity index (χ4v) is 1.18. The largest absolute Gasteiger partial charge is 0.375 e. The third-order valence-corrected chi connectivity index (χ3v) is 1.94. The van der Waals surface area contributed by atoms with Gasteiger partial charge in [0.2, 0.25) is 0 Å². The first-order valence-corrected chi connectivity index (χ1v) is 4.82. The molecule has 1 rings (SSSR count). The minimum Gasteiger partial charge on any atom is -0.375 e. The molecule has 0 fully saturated rings. The first-order chi connectivity index (χ1) is 7.74. The molecular formula is C9H14F2N4O. The maximum absolute atomic E-state index is 11.8. The van der Waals surface area contributed by atoms with Gasteiger partial charge >= 0.3 is 0 Å². The number of nitrogens with two attached hydrogens (primary N) is 1. The third kappa shape index (κ3) is 4.56. The molecule has 1 atom stereocenters. The number of halogens is 2. The monoisotopic (exact) mass is 232 g/mol. The molecule has 0 aliphatic rings. The smallest absolute Gasteiger partial charge is 0.261 e. The number of nitrogens with zero attached hydrogens (tertiary/aromatic N) is 2. The van der Waals surface area contributed by atoms with Gasteiger partial charge in [0.05, 0.1) is 17.9 Å². The van der Waals surface area contributed by atoms with Gasteiger partial charge in [-0.2, -0.15) is 0 Å². The molecule has 0 bridgehead atoms. The normalized spacial score (nSPS) is 13.0. The van der Waals surface area contributed by atoms with Crippen LogP contribution in [0, 0.1) is 0 Å². The molecule has 0 spiro atoms. The van der Waals surface area contributed by atoms with Crippen LogP contribution in [0.25, 0.3) is 0 Å². The van der Waals surface area contributed by atoms with Crippen molar-refractivity contribution in [3.63, 3.8) is 0 Å². The van der Waals surface area contributed by atoms with Crippen LogP contribution in [0.2, 0.25) is 0 Å². The summed E-state index contributed by atoms with van der Waals surface area (Å²) in [6.07, 6.45) is 2.67. The van der Waals surface area contributed by atoms with Gasteiger partial charge in [-0.15, -0.1) is 0 Å². The zero-order valence-corrected chi connectivity index (χ0v) is 8.64. The highest BCUT2D eigenvalue weighted by Gasteiger charge is 2.11. The molecule has 90 valence electrons. The van der Waals surface area contributed by atoms with Gasteiger partial charge in [0, 0.05) is 19.0 Å². The minimum absolute atomic E-state index is 0.190. The summed E-state index contributed by atoms with van der Waals surface area (Å²) >= 11 is 0. The van der Waals surface area contributed by atoms with Gasteiger partial charge < -0.3 is 4.74 Å². The predicted octanol–water partition coefficient (Wildman–Crippen LogP) is 0.653. The lowest BCUT2D eigenvalue weighted by Gasteiger charge is -2.14. The van der Waals surface area contributed by atoms with E-state index in [-0.39, 0.29) is 12.6 Å². The molecule has 0 aliphatic heterocycles. The van der Waals surface area contributed by atoms with Crippen molar-refractivity contribution in [3.05, 3.63) is 24.3 Å². The maximum atomic E-state index is 11.8. The van der Waals surface area contributed by atoms with Gasteiger partial charge in [-0.25, -0.2) is 8.78 Å². The average Bonchev–Trinajstić information content (AvgIpc) is 2.30. The number of hydrogen-bond donors (Lipinski definition) is 2. The summed E-state index contributed by atoms with van der Waals surface area (Å²) in [5.41, 5.74) is 3.19. The average molecular weight is 232 g/mol. The Hall–Kier alpha value is -1.18. The lowest BCUT2D eigenvalue weighted by atomic mass is 10.1. The molecule has 0 aliphatic carbocycles. The number of nitrogens with one attached hydrogen (secondary N) is 1. The van der Waals surface area contributed by atoms with Gasteiger partial charge in [-0.1, -0.05) is 0 Å². The van der Waals surface area contributed by atoms with Crippen LogP contribution in [0.3, 0.4) is 0 Å². The second kappa shape index (κ2) is 7.15. The Kier molecular flexibility index (Phi) is 5.76. The number of rotatable bonds is 7. The number of hydrazine groups is 1. The molecule has 0 saturated heterocycles. The molecule has 1 heterocycles. The van der Waals surface area contributed by atoms with Gasteiger partial charge in [-0.3, -0.25) is 21.2 Å². The summed E-state index contributed by atoms with van der Waals surface area (Å²) in [5.74, 6) is 5.33. The highest BCUT2D eigenvalue weighted by Crippen LogP contribution is 2.11. The molecule has 7 heteroatoms. The predicted molar refractivity (Wildman–Crippen MR) is 53.5 cm³/mol. The molecule has 0 amide bonds. The molecule has 1 unspecified atom stereocenters. The van der Waals surface area contributed by atoms with E-state index in [1.807, 2.05) is 0 Å². The Morgan fingerprint density at radius 3 is 2.81 bits per heavy atom. The molecule has 1 aromatic heterocycles. The second-order valence-corrected chi connectivity index (χ2v) is 3.10. The van der Waals surface area contributed by atoms with E-state index in [2.05, 4.69) is 15.4 Å². The van der Waals surface area contributed by atoms with E-state index < -0.39 is 13.0 Å². The molecule has 3 N–H and O–H groups in total. The highest BCUT2D eigenvalue weighted by atomic mass is 19.3. The topological polar surface area (TPSA) is 73.1 Å². The Morgan fingerprint density at radius 2 is 2.25 bits per heavy atom. The fourth-order valence-electron chi connectivity index (χ4n) is 1.18. The fraction of sp³-hybridized carbons (Fsp3) is 0.556. The van der Waals surface area contributed by atoms with Crippen LogP contribution < -0.4 is 11.3 Å². The molecule has 5 nitrogen and oxygen atoms in total. The zero-order chi connectivity index (χ0) is 11.8. The van der Waals surface area contributed by atoms with Gasteiger partial charge in [0.15, 0.2) is 0 Å². The number of hydrogen-bond acceptors (Lipinski definition) is 5. The summed E-state index contributed by atoms with van der Waals surface area (Å²) in [5, 5.41) is 0. The third-order valence-electron chi connectivity index (χ3n) is 1.94. The van der Waals surface area contributed by atoms with E-state index in [0.717, 1.165) is 0 Å². The van der Waals surface area contributed by atoms with Crippen molar-refractivity contribution in [2.75, 3.05) is 13.2 Å². The summed E-state index contributed by atoms with van der Waals surface area (Å²) in [7, 11) is 0. The van der Waals surface area contributed by atoms with Gasteiger partial charge in [-0.05, 0) is 6.42 Å². The van der Waals surface area contributed by atoms with Crippen molar-refractivity contribution >= 4 is 0 Å². The summed E-state index contributed by atoms with van der Waals surface area (Å²) < 4.78 is 28.3. The maximum Gasteiger partial charge on any atom is 0.261 e. The van der Waals surface area contributed by atoms with Crippen molar-refractivity contribution < 1.29 is 13.5 Å².